The molecule has 0 fully saturated rings. The minimum Gasteiger partial charge on any atom is -0.395 e. The van der Waals surface area contributed by atoms with E-state index in [0.29, 0.717) is 24.2 Å². The molecule has 16 heavy (non-hydrogen) atoms. The number of nitrogens with zero attached hydrogens (tertiary/aromatic N) is 3. The predicted molar refractivity (Wildman–Crippen MR) is 60.9 cm³/mol. The van der Waals surface area contributed by atoms with Crippen LogP contribution in [0.2, 0.25) is 0 Å². The maximum absolute atomic E-state index is 9.00. The lowest BCUT2D eigenvalue weighted by atomic mass is 10.1. The molecule has 1 aromatic heterocycles. The van der Waals surface area contributed by atoms with E-state index in [2.05, 4.69) is 24.0 Å². The monoisotopic (exact) mass is 227 g/mol. The lowest BCUT2D eigenvalue weighted by Gasteiger charge is -2.20. The quantitative estimate of drug-likeness (QED) is 0.788. The number of rotatable bonds is 6. The van der Waals surface area contributed by atoms with E-state index in [1.165, 1.54) is 0 Å². The van der Waals surface area contributed by atoms with Crippen LogP contribution in [0.1, 0.15) is 32.5 Å². The second-order valence-electron chi connectivity index (χ2n) is 4.65. The van der Waals surface area contributed by atoms with Gasteiger partial charge in [-0.05, 0) is 19.9 Å². The van der Waals surface area contributed by atoms with Crippen molar-refractivity contribution in [3.63, 3.8) is 0 Å². The van der Waals surface area contributed by atoms with Gasteiger partial charge in [0.05, 0.1) is 13.2 Å². The van der Waals surface area contributed by atoms with Gasteiger partial charge in [-0.2, -0.15) is 4.98 Å². The topological polar surface area (TPSA) is 62.4 Å². The Hall–Kier alpha value is -0.940. The molecule has 0 amide bonds. The number of aromatic nitrogens is 2. The maximum atomic E-state index is 9.00. The summed E-state index contributed by atoms with van der Waals surface area (Å²) in [5.74, 6) is 1.89. The number of likely N-dealkylation sites (N-methyl/N-ethyl adjacent to an activating group) is 1. The summed E-state index contributed by atoms with van der Waals surface area (Å²) in [6, 6.07) is 0.104. The van der Waals surface area contributed by atoms with Crippen molar-refractivity contribution in [1.82, 2.24) is 15.0 Å². The van der Waals surface area contributed by atoms with Crippen molar-refractivity contribution in [1.29, 1.82) is 0 Å². The maximum Gasteiger partial charge on any atom is 0.226 e. The standard InChI is InChI=1S/C11H21N3O2/c1-8(2)5-11-12-10(13-16-11)6-14(4)9(3)7-15/h8-9,15H,5-7H2,1-4H3. The van der Waals surface area contributed by atoms with E-state index in [1.54, 1.807) is 0 Å². The van der Waals surface area contributed by atoms with Gasteiger partial charge in [-0.25, -0.2) is 0 Å². The van der Waals surface area contributed by atoms with Crippen LogP contribution in [0.5, 0.6) is 0 Å². The van der Waals surface area contributed by atoms with Gasteiger partial charge in [0.2, 0.25) is 5.89 Å². The van der Waals surface area contributed by atoms with Gasteiger partial charge in [-0.1, -0.05) is 19.0 Å². The van der Waals surface area contributed by atoms with Crippen molar-refractivity contribution in [2.24, 2.45) is 5.92 Å². The van der Waals surface area contributed by atoms with Crippen molar-refractivity contribution in [3.05, 3.63) is 11.7 Å². The third-order valence-corrected chi connectivity index (χ3v) is 2.50. The molecule has 1 N–H and O–H groups in total. The van der Waals surface area contributed by atoms with E-state index in [9.17, 15) is 0 Å². The van der Waals surface area contributed by atoms with Crippen molar-refractivity contribution in [2.45, 2.75) is 39.8 Å². The Morgan fingerprint density at radius 2 is 2.06 bits per heavy atom. The Bertz CT molecular complexity index is 312. The Morgan fingerprint density at radius 1 is 1.38 bits per heavy atom. The second kappa shape index (κ2) is 5.96. The summed E-state index contributed by atoms with van der Waals surface area (Å²) in [5, 5.41) is 12.9. The van der Waals surface area contributed by atoms with Crippen LogP contribution < -0.4 is 0 Å². The van der Waals surface area contributed by atoms with Gasteiger partial charge in [0.1, 0.15) is 0 Å². The highest BCUT2D eigenvalue weighted by Gasteiger charge is 2.13. The van der Waals surface area contributed by atoms with Crippen LogP contribution in [0.15, 0.2) is 4.52 Å². The van der Waals surface area contributed by atoms with Crippen LogP contribution in [0.4, 0.5) is 0 Å². The van der Waals surface area contributed by atoms with Crippen molar-refractivity contribution < 1.29 is 9.63 Å². The normalized spacial score (nSPS) is 13.7. The van der Waals surface area contributed by atoms with Crippen molar-refractivity contribution in [2.75, 3.05) is 13.7 Å². The van der Waals surface area contributed by atoms with Crippen LogP contribution in [0.3, 0.4) is 0 Å². The molecule has 5 heteroatoms. The molecule has 0 bridgehead atoms. The zero-order chi connectivity index (χ0) is 12.1. The second-order valence-corrected chi connectivity index (χ2v) is 4.65. The third kappa shape index (κ3) is 3.90. The van der Waals surface area contributed by atoms with E-state index in [0.717, 1.165) is 6.42 Å². The number of hydrogen-bond acceptors (Lipinski definition) is 5. The summed E-state index contributed by atoms with van der Waals surface area (Å²) in [6.07, 6.45) is 0.812. The molecule has 1 aromatic rings. The lowest BCUT2D eigenvalue weighted by Crippen LogP contribution is -2.31. The number of aliphatic hydroxyl groups excluding tert-OH is 1. The predicted octanol–water partition coefficient (Wildman–Crippen LogP) is 1.08. The Kier molecular flexibility index (Phi) is 4.89. The fourth-order valence-electron chi connectivity index (χ4n) is 1.30. The molecule has 1 rings (SSSR count). The SMILES string of the molecule is CC(C)Cc1nc(CN(C)C(C)CO)no1. The third-order valence-electron chi connectivity index (χ3n) is 2.50. The molecule has 0 aliphatic carbocycles. The zero-order valence-electron chi connectivity index (χ0n) is 10.5. The molecule has 1 atom stereocenters. The summed E-state index contributed by atoms with van der Waals surface area (Å²) in [6.45, 7) is 6.92. The van der Waals surface area contributed by atoms with Crippen LogP contribution in [0, 0.1) is 5.92 Å². The molecule has 0 aliphatic rings. The molecule has 1 unspecified atom stereocenters. The first-order chi connectivity index (χ1) is 7.52. The largest absolute Gasteiger partial charge is 0.395 e. The molecule has 0 radical (unpaired) electrons. The first-order valence-corrected chi connectivity index (χ1v) is 5.65. The highest BCUT2D eigenvalue weighted by atomic mass is 16.5. The van der Waals surface area contributed by atoms with Gasteiger partial charge in [-0.15, -0.1) is 0 Å². The fourth-order valence-corrected chi connectivity index (χ4v) is 1.30. The number of hydrogen-bond donors (Lipinski definition) is 1. The van der Waals surface area contributed by atoms with Crippen LogP contribution >= 0.6 is 0 Å². The van der Waals surface area contributed by atoms with Crippen LogP contribution in [-0.4, -0.2) is 39.8 Å². The highest BCUT2D eigenvalue weighted by Crippen LogP contribution is 2.07. The molecule has 92 valence electrons. The Balaban J connectivity index is 2.51. The van der Waals surface area contributed by atoms with Gasteiger partial charge in [0, 0.05) is 12.5 Å². The molecule has 1 heterocycles. The minimum atomic E-state index is 0.104. The summed E-state index contributed by atoms with van der Waals surface area (Å²) >= 11 is 0. The van der Waals surface area contributed by atoms with Gasteiger partial charge in [0.15, 0.2) is 5.82 Å². The van der Waals surface area contributed by atoms with Crippen LogP contribution in [-0.2, 0) is 13.0 Å². The first kappa shape index (κ1) is 13.1. The van der Waals surface area contributed by atoms with E-state index in [1.807, 2.05) is 18.9 Å². The molecule has 5 nitrogen and oxygen atoms in total. The summed E-state index contributed by atoms with van der Waals surface area (Å²) < 4.78 is 5.14. The van der Waals surface area contributed by atoms with Gasteiger partial charge >= 0.3 is 0 Å². The van der Waals surface area contributed by atoms with Crippen LogP contribution in [0.25, 0.3) is 0 Å². The molecule has 0 aliphatic heterocycles. The fraction of sp³-hybridized carbons (Fsp3) is 0.818. The van der Waals surface area contributed by atoms with E-state index >= 15 is 0 Å². The van der Waals surface area contributed by atoms with E-state index < -0.39 is 0 Å². The van der Waals surface area contributed by atoms with Crippen molar-refractivity contribution in [3.8, 4) is 0 Å². The first-order valence-electron chi connectivity index (χ1n) is 5.65. The Labute approximate surface area is 96.5 Å². The summed E-state index contributed by atoms with van der Waals surface area (Å²) in [4.78, 5) is 6.30. The zero-order valence-corrected chi connectivity index (χ0v) is 10.5. The van der Waals surface area contributed by atoms with Gasteiger partial charge < -0.3 is 9.63 Å². The lowest BCUT2D eigenvalue weighted by molar-refractivity contribution is 0.150. The van der Waals surface area contributed by atoms with Gasteiger partial charge in [0.25, 0.3) is 0 Å². The minimum absolute atomic E-state index is 0.104. The molecule has 0 saturated heterocycles. The summed E-state index contributed by atoms with van der Waals surface area (Å²) in [5.41, 5.74) is 0. The molecule has 0 aromatic carbocycles. The Morgan fingerprint density at radius 3 is 2.62 bits per heavy atom. The average molecular weight is 227 g/mol. The van der Waals surface area contributed by atoms with E-state index in [4.69, 9.17) is 9.63 Å². The molecular weight excluding hydrogens is 206 g/mol. The molecular formula is C11H21N3O2. The smallest absolute Gasteiger partial charge is 0.226 e. The van der Waals surface area contributed by atoms with Crippen molar-refractivity contribution >= 4 is 0 Å². The number of aliphatic hydroxyl groups is 1. The average Bonchev–Trinajstić information content (AvgIpc) is 2.63. The highest BCUT2D eigenvalue weighted by molar-refractivity contribution is 4.87. The van der Waals surface area contributed by atoms with E-state index in [-0.39, 0.29) is 12.6 Å². The molecule has 0 spiro atoms. The molecule has 0 saturated carbocycles. The summed E-state index contributed by atoms with van der Waals surface area (Å²) in [7, 11) is 1.93. The van der Waals surface area contributed by atoms with Gasteiger partial charge in [-0.3, -0.25) is 4.90 Å².